The maximum atomic E-state index is 13.1. The maximum Gasteiger partial charge on any atom is 0.418 e. The molecule has 1 aromatic carbocycles. The number of pyridine rings is 1. The van der Waals surface area contributed by atoms with E-state index < -0.39 is 29.2 Å². The molecule has 25 heavy (non-hydrogen) atoms. The highest BCUT2D eigenvalue weighted by molar-refractivity contribution is 6.30. The van der Waals surface area contributed by atoms with Gasteiger partial charge in [0.25, 0.3) is 0 Å². The van der Waals surface area contributed by atoms with Crippen LogP contribution in [0.4, 0.5) is 23.2 Å². The van der Waals surface area contributed by atoms with Crippen LogP contribution in [-0.2, 0) is 17.4 Å². The summed E-state index contributed by atoms with van der Waals surface area (Å²) in [6.07, 6.45) is -2.30. The highest BCUT2D eigenvalue weighted by Crippen LogP contribution is 2.36. The number of anilines is 1. The largest absolute Gasteiger partial charge is 0.418 e. The van der Waals surface area contributed by atoms with Crippen molar-refractivity contribution in [1.82, 2.24) is 9.38 Å². The van der Waals surface area contributed by atoms with Crippen molar-refractivity contribution in [3.8, 4) is 0 Å². The first-order valence-corrected chi connectivity index (χ1v) is 7.40. The Morgan fingerprint density at radius 2 is 1.96 bits per heavy atom. The molecule has 0 fully saturated rings. The lowest BCUT2D eigenvalue weighted by atomic mass is 10.1. The van der Waals surface area contributed by atoms with Crippen molar-refractivity contribution in [2.75, 3.05) is 5.32 Å². The summed E-state index contributed by atoms with van der Waals surface area (Å²) in [7, 11) is 0. The molecule has 2 heterocycles. The van der Waals surface area contributed by atoms with Crippen LogP contribution in [0.2, 0.25) is 5.02 Å². The van der Waals surface area contributed by atoms with Gasteiger partial charge >= 0.3 is 6.18 Å². The number of aromatic nitrogens is 2. The molecule has 0 aliphatic carbocycles. The minimum absolute atomic E-state index is 0.0901. The van der Waals surface area contributed by atoms with Gasteiger partial charge in [0.2, 0.25) is 5.91 Å². The summed E-state index contributed by atoms with van der Waals surface area (Å²) in [4.78, 5) is 16.2. The number of rotatable bonds is 3. The van der Waals surface area contributed by atoms with Crippen LogP contribution in [0.1, 0.15) is 11.3 Å². The van der Waals surface area contributed by atoms with E-state index in [9.17, 15) is 22.4 Å². The molecule has 0 bridgehead atoms. The van der Waals surface area contributed by atoms with Gasteiger partial charge in [0.05, 0.1) is 23.4 Å². The number of nitrogens with zero attached hydrogens (tertiary/aromatic N) is 2. The van der Waals surface area contributed by atoms with Gasteiger partial charge in [0, 0.05) is 17.4 Å². The molecule has 0 radical (unpaired) electrons. The van der Waals surface area contributed by atoms with Gasteiger partial charge in [-0.1, -0.05) is 11.6 Å². The molecule has 2 aromatic heterocycles. The van der Waals surface area contributed by atoms with Gasteiger partial charge in [-0.05, 0) is 30.3 Å². The zero-order chi connectivity index (χ0) is 18.2. The number of benzene rings is 1. The van der Waals surface area contributed by atoms with Crippen molar-refractivity contribution in [2.24, 2.45) is 0 Å². The molecule has 0 unspecified atom stereocenters. The summed E-state index contributed by atoms with van der Waals surface area (Å²) in [6, 6.07) is 5.72. The van der Waals surface area contributed by atoms with Crippen molar-refractivity contribution in [3.05, 3.63) is 64.8 Å². The van der Waals surface area contributed by atoms with Crippen molar-refractivity contribution < 1.29 is 22.4 Å². The van der Waals surface area contributed by atoms with Crippen LogP contribution < -0.4 is 5.32 Å². The molecule has 0 aliphatic heterocycles. The SMILES string of the molecule is O=C(Cc1cn2cc(F)ccc2n1)Nc1ccc(Cl)cc1C(F)(F)F. The summed E-state index contributed by atoms with van der Waals surface area (Å²) >= 11 is 5.59. The molecular formula is C16H10ClF4N3O. The van der Waals surface area contributed by atoms with Crippen LogP contribution in [0.25, 0.3) is 5.65 Å². The average molecular weight is 372 g/mol. The molecule has 0 saturated carbocycles. The summed E-state index contributed by atoms with van der Waals surface area (Å²) in [6.45, 7) is 0. The van der Waals surface area contributed by atoms with Gasteiger partial charge in [0.1, 0.15) is 11.5 Å². The Morgan fingerprint density at radius 1 is 1.20 bits per heavy atom. The van der Waals surface area contributed by atoms with Gasteiger partial charge in [-0.15, -0.1) is 0 Å². The maximum absolute atomic E-state index is 13.1. The smallest absolute Gasteiger partial charge is 0.325 e. The highest BCUT2D eigenvalue weighted by atomic mass is 35.5. The highest BCUT2D eigenvalue weighted by Gasteiger charge is 2.34. The van der Waals surface area contributed by atoms with Crippen LogP contribution in [0.3, 0.4) is 0 Å². The monoisotopic (exact) mass is 371 g/mol. The van der Waals surface area contributed by atoms with Crippen molar-refractivity contribution in [1.29, 1.82) is 0 Å². The summed E-state index contributed by atoms with van der Waals surface area (Å²) in [5.74, 6) is -1.16. The molecule has 1 N–H and O–H groups in total. The average Bonchev–Trinajstić information content (AvgIpc) is 2.89. The second-order valence-electron chi connectivity index (χ2n) is 5.26. The second-order valence-corrected chi connectivity index (χ2v) is 5.69. The van der Waals surface area contributed by atoms with Crippen LogP contribution in [0.5, 0.6) is 0 Å². The van der Waals surface area contributed by atoms with E-state index in [1.807, 2.05) is 0 Å². The quantitative estimate of drug-likeness (QED) is 0.697. The fraction of sp³-hybridized carbons (Fsp3) is 0.125. The lowest BCUT2D eigenvalue weighted by molar-refractivity contribution is -0.137. The standard InChI is InChI=1S/C16H10ClF4N3O/c17-9-1-3-13(12(5-9)16(19,20)21)23-15(25)6-11-8-24-7-10(18)2-4-14(24)22-11/h1-5,7-8H,6H2,(H,23,25). The lowest BCUT2D eigenvalue weighted by Crippen LogP contribution is -2.18. The van der Waals surface area contributed by atoms with Crippen LogP contribution in [0, 0.1) is 5.82 Å². The Bertz CT molecular complexity index is 952. The first-order valence-electron chi connectivity index (χ1n) is 7.02. The van der Waals surface area contributed by atoms with Gasteiger partial charge in [-0.3, -0.25) is 4.79 Å². The zero-order valence-corrected chi connectivity index (χ0v) is 13.2. The van der Waals surface area contributed by atoms with Crippen molar-refractivity contribution >= 4 is 28.8 Å². The number of nitrogens with one attached hydrogen (secondary N) is 1. The Hall–Kier alpha value is -2.61. The summed E-state index contributed by atoms with van der Waals surface area (Å²) < 4.78 is 53.6. The number of fused-ring (bicyclic) bond motifs is 1. The summed E-state index contributed by atoms with van der Waals surface area (Å²) in [5, 5.41) is 2.12. The van der Waals surface area contributed by atoms with E-state index in [1.165, 1.54) is 35.0 Å². The van der Waals surface area contributed by atoms with E-state index in [0.29, 0.717) is 11.3 Å². The van der Waals surface area contributed by atoms with E-state index in [0.717, 1.165) is 12.1 Å². The Labute approximate surface area is 144 Å². The molecular weight excluding hydrogens is 362 g/mol. The van der Waals surface area contributed by atoms with Gasteiger partial charge < -0.3 is 9.72 Å². The van der Waals surface area contributed by atoms with Gasteiger partial charge in [0.15, 0.2) is 0 Å². The minimum atomic E-state index is -4.66. The molecule has 3 aromatic rings. The fourth-order valence-corrected chi connectivity index (χ4v) is 2.49. The fourth-order valence-electron chi connectivity index (χ4n) is 2.32. The first-order chi connectivity index (χ1) is 11.7. The van der Waals surface area contributed by atoms with E-state index >= 15 is 0 Å². The minimum Gasteiger partial charge on any atom is -0.325 e. The number of amides is 1. The molecule has 0 spiro atoms. The normalized spacial score (nSPS) is 11.7. The topological polar surface area (TPSA) is 46.4 Å². The number of carbonyl (C=O) groups excluding carboxylic acids is 1. The van der Waals surface area contributed by atoms with E-state index in [-0.39, 0.29) is 11.4 Å². The van der Waals surface area contributed by atoms with E-state index in [2.05, 4.69) is 10.3 Å². The number of imidazole rings is 1. The van der Waals surface area contributed by atoms with Crippen LogP contribution in [0.15, 0.2) is 42.7 Å². The summed E-state index contributed by atoms with van der Waals surface area (Å²) in [5.41, 5.74) is -0.709. The van der Waals surface area contributed by atoms with Gasteiger partial charge in [-0.2, -0.15) is 13.2 Å². The first kappa shape index (κ1) is 17.2. The number of carbonyl (C=O) groups is 1. The molecule has 9 heteroatoms. The Balaban J connectivity index is 1.80. The molecule has 4 nitrogen and oxygen atoms in total. The predicted octanol–water partition coefficient (Wildman–Crippen LogP) is 4.33. The van der Waals surface area contributed by atoms with Crippen molar-refractivity contribution in [2.45, 2.75) is 12.6 Å². The molecule has 1 amide bonds. The van der Waals surface area contributed by atoms with Crippen LogP contribution >= 0.6 is 11.6 Å². The van der Waals surface area contributed by atoms with Crippen molar-refractivity contribution in [3.63, 3.8) is 0 Å². The number of hydrogen-bond donors (Lipinski definition) is 1. The molecule has 3 rings (SSSR count). The molecule has 0 saturated heterocycles. The van der Waals surface area contributed by atoms with Crippen LogP contribution in [-0.4, -0.2) is 15.3 Å². The number of halogens is 5. The predicted molar refractivity (Wildman–Crippen MR) is 83.9 cm³/mol. The van der Waals surface area contributed by atoms with E-state index in [1.54, 1.807) is 0 Å². The second kappa shape index (κ2) is 6.36. The van der Waals surface area contributed by atoms with Gasteiger partial charge in [-0.25, -0.2) is 9.37 Å². The third kappa shape index (κ3) is 3.90. The third-order valence-electron chi connectivity index (χ3n) is 3.37. The number of alkyl halides is 3. The lowest BCUT2D eigenvalue weighted by Gasteiger charge is -2.13. The zero-order valence-electron chi connectivity index (χ0n) is 12.4. The Morgan fingerprint density at radius 3 is 2.68 bits per heavy atom. The third-order valence-corrected chi connectivity index (χ3v) is 3.60. The molecule has 0 atom stereocenters. The molecule has 0 aliphatic rings. The number of hydrogen-bond acceptors (Lipinski definition) is 2. The Kier molecular flexibility index (Phi) is 4.38. The molecule has 130 valence electrons. The van der Waals surface area contributed by atoms with E-state index in [4.69, 9.17) is 11.6 Å².